The van der Waals surface area contributed by atoms with Crippen molar-refractivity contribution in [1.82, 2.24) is 9.21 Å². The molecule has 2 aliphatic heterocycles. The number of esters is 1. The first-order valence-corrected chi connectivity index (χ1v) is 13.6. The molecule has 9 nitrogen and oxygen atoms in total. The van der Waals surface area contributed by atoms with Gasteiger partial charge in [0, 0.05) is 19.6 Å². The lowest BCUT2D eigenvalue weighted by molar-refractivity contribution is 0.0320. The molecule has 1 amide bonds. The van der Waals surface area contributed by atoms with Gasteiger partial charge in [-0.15, -0.1) is 0 Å². The monoisotopic (exact) mass is 556 g/mol. The average molecular weight is 557 g/mol. The Hall–Kier alpha value is -2.37. The van der Waals surface area contributed by atoms with Gasteiger partial charge < -0.3 is 14.2 Å². The van der Waals surface area contributed by atoms with Crippen molar-refractivity contribution < 1.29 is 32.2 Å². The summed E-state index contributed by atoms with van der Waals surface area (Å²) < 4.78 is 42.8. The number of benzene rings is 2. The summed E-state index contributed by atoms with van der Waals surface area (Å²) in [7, 11) is -4.18. The Morgan fingerprint density at radius 2 is 1.86 bits per heavy atom. The average Bonchev–Trinajstić information content (AvgIpc) is 3.04. The first kappa shape index (κ1) is 26.7. The molecular formula is C24H26Cl2N2O7S. The van der Waals surface area contributed by atoms with Crippen LogP contribution in [0.25, 0.3) is 0 Å². The molecule has 2 aromatic rings. The van der Waals surface area contributed by atoms with Crippen LogP contribution in [0.4, 0.5) is 0 Å². The molecule has 36 heavy (non-hydrogen) atoms. The van der Waals surface area contributed by atoms with Gasteiger partial charge in [-0.2, -0.15) is 4.31 Å². The van der Waals surface area contributed by atoms with Crippen LogP contribution in [0.5, 0.6) is 5.75 Å². The van der Waals surface area contributed by atoms with Crippen molar-refractivity contribution >= 4 is 45.1 Å². The molecule has 194 valence electrons. The molecular weight excluding hydrogens is 531 g/mol. The molecule has 0 spiro atoms. The molecule has 0 N–H and O–H groups in total. The van der Waals surface area contributed by atoms with Crippen LogP contribution in [-0.2, 0) is 19.5 Å². The highest BCUT2D eigenvalue weighted by Crippen LogP contribution is 2.37. The van der Waals surface area contributed by atoms with Gasteiger partial charge in [0.05, 0.1) is 28.8 Å². The fraction of sp³-hybridized carbons (Fsp3) is 0.417. The van der Waals surface area contributed by atoms with E-state index in [-0.39, 0.29) is 37.7 Å². The topological polar surface area (TPSA) is 102 Å². The number of carbonyl (C=O) groups is 2. The Kier molecular flexibility index (Phi) is 8.11. The van der Waals surface area contributed by atoms with Gasteiger partial charge >= 0.3 is 5.97 Å². The van der Waals surface area contributed by atoms with Crippen molar-refractivity contribution in [3.63, 3.8) is 0 Å². The Bertz CT molecular complexity index is 1280. The Balaban J connectivity index is 1.46. The number of rotatable bonds is 8. The van der Waals surface area contributed by atoms with E-state index in [1.54, 1.807) is 18.2 Å². The number of carbonyl (C=O) groups excluding carboxylic acids is 2. The van der Waals surface area contributed by atoms with E-state index in [0.29, 0.717) is 36.2 Å². The highest BCUT2D eigenvalue weighted by Gasteiger charge is 2.43. The second-order valence-corrected chi connectivity index (χ2v) is 11.2. The van der Waals surface area contributed by atoms with Gasteiger partial charge in [0.2, 0.25) is 0 Å². The lowest BCUT2D eigenvalue weighted by Crippen LogP contribution is -2.38. The van der Waals surface area contributed by atoms with Crippen LogP contribution in [0.15, 0.2) is 35.2 Å². The summed E-state index contributed by atoms with van der Waals surface area (Å²) in [5, 5.41) is -0.0537. The number of hydrogen-bond acceptors (Lipinski definition) is 8. The van der Waals surface area contributed by atoms with E-state index in [4.69, 9.17) is 37.4 Å². The predicted molar refractivity (Wildman–Crippen MR) is 133 cm³/mol. The Morgan fingerprint density at radius 1 is 1.14 bits per heavy atom. The van der Waals surface area contributed by atoms with Crippen LogP contribution in [0.3, 0.4) is 0 Å². The van der Waals surface area contributed by atoms with Crippen molar-refractivity contribution in [1.29, 1.82) is 0 Å². The third-order valence-electron chi connectivity index (χ3n) is 6.03. The van der Waals surface area contributed by atoms with Crippen LogP contribution in [-0.4, -0.2) is 75.7 Å². The molecule has 0 bridgehead atoms. The molecule has 0 atom stereocenters. The molecule has 4 rings (SSSR count). The summed E-state index contributed by atoms with van der Waals surface area (Å²) in [4.78, 5) is 27.9. The number of sulfonamides is 1. The predicted octanol–water partition coefficient (Wildman–Crippen LogP) is 3.79. The first-order valence-electron chi connectivity index (χ1n) is 11.4. The third-order valence-corrected chi connectivity index (χ3v) is 8.47. The summed E-state index contributed by atoms with van der Waals surface area (Å²) in [6.07, 6.45) is 0. The molecule has 2 aliphatic rings. The fourth-order valence-electron chi connectivity index (χ4n) is 4.08. The van der Waals surface area contributed by atoms with Crippen LogP contribution >= 0.6 is 23.2 Å². The lowest BCUT2D eigenvalue weighted by atomic mass is 9.97. The zero-order chi connectivity index (χ0) is 26.0. The number of nitrogens with zero attached hydrogens (tertiary/aromatic N) is 2. The normalized spacial score (nSPS) is 17.4. The molecule has 0 radical (unpaired) electrons. The summed E-state index contributed by atoms with van der Waals surface area (Å²) in [6, 6.07) is 7.63. The van der Waals surface area contributed by atoms with Crippen LogP contribution < -0.4 is 4.74 Å². The van der Waals surface area contributed by atoms with E-state index in [9.17, 15) is 18.0 Å². The lowest BCUT2D eigenvalue weighted by Gasteiger charge is -2.26. The molecule has 2 aromatic carbocycles. The maximum atomic E-state index is 13.0. The molecule has 0 saturated carbocycles. The van der Waals surface area contributed by atoms with Gasteiger partial charge in [-0.05, 0) is 29.7 Å². The summed E-state index contributed by atoms with van der Waals surface area (Å²) in [6.45, 7) is 6.81. The quantitative estimate of drug-likeness (QED) is 0.452. The number of morpholine rings is 1. The first-order chi connectivity index (χ1) is 17.1. The molecule has 0 aromatic heterocycles. The fourth-order valence-corrected chi connectivity index (χ4v) is 6.12. The summed E-state index contributed by atoms with van der Waals surface area (Å²) in [5.41, 5.74) is 0.518. The maximum absolute atomic E-state index is 13.0. The minimum atomic E-state index is -4.18. The number of amides is 1. The van der Waals surface area contributed by atoms with Crippen LogP contribution in [0.2, 0.25) is 10.0 Å². The number of ether oxygens (including phenoxy) is 3. The summed E-state index contributed by atoms with van der Waals surface area (Å²) in [5.74, 6) is -1.57. The second-order valence-electron chi connectivity index (χ2n) is 8.63. The van der Waals surface area contributed by atoms with E-state index in [1.807, 2.05) is 13.8 Å². The second kappa shape index (κ2) is 10.9. The van der Waals surface area contributed by atoms with Crippen LogP contribution in [0, 0.1) is 0 Å². The maximum Gasteiger partial charge on any atom is 0.343 e. The molecule has 2 heterocycles. The molecule has 0 aliphatic carbocycles. The molecule has 0 unspecified atom stereocenters. The minimum absolute atomic E-state index is 0.00603. The number of fused-ring (bicyclic) bond motifs is 1. The zero-order valence-electron chi connectivity index (χ0n) is 19.8. The van der Waals surface area contributed by atoms with Gasteiger partial charge in [0.15, 0.2) is 6.73 Å². The van der Waals surface area contributed by atoms with E-state index in [0.717, 1.165) is 13.1 Å². The third kappa shape index (κ3) is 5.19. The van der Waals surface area contributed by atoms with E-state index in [1.165, 1.54) is 12.1 Å². The number of halogens is 2. The summed E-state index contributed by atoms with van der Waals surface area (Å²) >= 11 is 12.6. The molecule has 1 fully saturated rings. The highest BCUT2D eigenvalue weighted by molar-refractivity contribution is 7.90. The Labute approximate surface area is 219 Å². The molecule has 12 heteroatoms. The largest absolute Gasteiger partial charge is 0.491 e. The number of hydrogen-bond donors (Lipinski definition) is 0. The van der Waals surface area contributed by atoms with E-state index < -0.39 is 28.6 Å². The Morgan fingerprint density at radius 3 is 2.56 bits per heavy atom. The van der Waals surface area contributed by atoms with Gasteiger partial charge in [-0.3, -0.25) is 9.69 Å². The smallest absolute Gasteiger partial charge is 0.343 e. The standard InChI is InChI=1S/C24H26Cl2N2O7S/c1-15(2)16-4-3-5-19-20(16)23(29)28(36(19,31)32)14-35-24(30)21-17(25)6-7-18(22(21)26)34-13-10-27-8-11-33-12-9-27/h3-7,15H,8-14H2,1-2H3. The van der Waals surface area contributed by atoms with Crippen molar-refractivity contribution in [3.8, 4) is 5.75 Å². The van der Waals surface area contributed by atoms with Crippen molar-refractivity contribution in [2.24, 2.45) is 0 Å². The van der Waals surface area contributed by atoms with Crippen molar-refractivity contribution in [2.75, 3.05) is 46.2 Å². The zero-order valence-corrected chi connectivity index (χ0v) is 22.2. The minimum Gasteiger partial charge on any atom is -0.491 e. The van der Waals surface area contributed by atoms with Crippen molar-refractivity contribution in [3.05, 3.63) is 57.1 Å². The van der Waals surface area contributed by atoms with Gasteiger partial charge in [-0.25, -0.2) is 13.2 Å². The van der Waals surface area contributed by atoms with E-state index >= 15 is 0 Å². The van der Waals surface area contributed by atoms with Gasteiger partial charge in [0.1, 0.15) is 22.8 Å². The SMILES string of the molecule is CC(C)c1cccc2c1C(=O)N(COC(=O)c1c(Cl)ccc(OCCN3CCOCC3)c1Cl)S2(=O)=O. The highest BCUT2D eigenvalue weighted by atomic mass is 35.5. The van der Waals surface area contributed by atoms with Gasteiger partial charge in [0.25, 0.3) is 15.9 Å². The van der Waals surface area contributed by atoms with Gasteiger partial charge in [-0.1, -0.05) is 49.2 Å². The molecule has 1 saturated heterocycles. The van der Waals surface area contributed by atoms with Crippen molar-refractivity contribution in [2.45, 2.75) is 24.7 Å². The van der Waals surface area contributed by atoms with E-state index in [2.05, 4.69) is 4.90 Å². The van der Waals surface area contributed by atoms with Crippen LogP contribution in [0.1, 0.15) is 46.0 Å².